The number of aryl methyl sites for hydroxylation is 3. The highest BCUT2D eigenvalue weighted by Gasteiger charge is 2.15. The lowest BCUT2D eigenvalue weighted by Crippen LogP contribution is -2.19. The molecular formula is C17H20BrN. The largest absolute Gasteiger partial charge is 0.309 e. The molecule has 1 N–H and O–H groups in total. The predicted molar refractivity (Wildman–Crippen MR) is 85.7 cm³/mol. The van der Waals surface area contributed by atoms with Crippen LogP contribution >= 0.6 is 15.9 Å². The Labute approximate surface area is 124 Å². The smallest absolute Gasteiger partial charge is 0.0577 e. The summed E-state index contributed by atoms with van der Waals surface area (Å²) in [5.74, 6) is 0. The average Bonchev–Trinajstić information content (AvgIpc) is 2.33. The summed E-state index contributed by atoms with van der Waals surface area (Å²) in [6.45, 7) is 6.44. The maximum atomic E-state index is 3.59. The van der Waals surface area contributed by atoms with E-state index in [0.29, 0.717) is 0 Å². The van der Waals surface area contributed by atoms with Gasteiger partial charge in [-0.05, 0) is 62.2 Å². The van der Waals surface area contributed by atoms with Gasteiger partial charge in [0.2, 0.25) is 0 Å². The molecule has 0 radical (unpaired) electrons. The molecule has 100 valence electrons. The van der Waals surface area contributed by atoms with Crippen molar-refractivity contribution in [1.29, 1.82) is 0 Å². The van der Waals surface area contributed by atoms with Gasteiger partial charge in [0.1, 0.15) is 0 Å². The molecule has 0 aliphatic heterocycles. The molecule has 0 bridgehead atoms. The Morgan fingerprint density at radius 1 is 0.947 bits per heavy atom. The van der Waals surface area contributed by atoms with E-state index in [-0.39, 0.29) is 6.04 Å². The van der Waals surface area contributed by atoms with Crippen molar-refractivity contribution in [3.8, 4) is 0 Å². The lowest BCUT2D eigenvalue weighted by molar-refractivity contribution is 0.686. The van der Waals surface area contributed by atoms with Crippen LogP contribution < -0.4 is 5.32 Å². The Bertz CT molecular complexity index is 570. The zero-order chi connectivity index (χ0) is 14.0. The fraction of sp³-hybridized carbons (Fsp3) is 0.294. The monoisotopic (exact) mass is 317 g/mol. The number of hydrogen-bond acceptors (Lipinski definition) is 1. The average molecular weight is 318 g/mol. The molecular weight excluding hydrogens is 298 g/mol. The zero-order valence-corrected chi connectivity index (χ0v) is 13.5. The number of halogens is 1. The highest BCUT2D eigenvalue weighted by Crippen LogP contribution is 2.28. The normalized spacial score (nSPS) is 12.5. The van der Waals surface area contributed by atoms with Crippen LogP contribution in [0.4, 0.5) is 0 Å². The summed E-state index contributed by atoms with van der Waals surface area (Å²) in [6.07, 6.45) is 0. The fourth-order valence-electron chi connectivity index (χ4n) is 2.50. The molecule has 0 heterocycles. The molecule has 0 saturated heterocycles. The Hall–Kier alpha value is -1.12. The number of rotatable bonds is 3. The van der Waals surface area contributed by atoms with E-state index in [0.717, 1.165) is 4.47 Å². The van der Waals surface area contributed by atoms with E-state index in [1.807, 2.05) is 7.05 Å². The summed E-state index contributed by atoms with van der Waals surface area (Å²) in [5, 5.41) is 3.44. The highest BCUT2D eigenvalue weighted by molar-refractivity contribution is 9.10. The lowest BCUT2D eigenvalue weighted by atomic mass is 9.93. The minimum atomic E-state index is 0.232. The van der Waals surface area contributed by atoms with Crippen molar-refractivity contribution in [3.05, 3.63) is 68.7 Å². The van der Waals surface area contributed by atoms with Crippen LogP contribution in [-0.4, -0.2) is 7.05 Å². The number of nitrogens with one attached hydrogen (secondary N) is 1. The van der Waals surface area contributed by atoms with Crippen LogP contribution in [0.1, 0.15) is 33.9 Å². The summed E-state index contributed by atoms with van der Waals surface area (Å²) in [6, 6.07) is 13.4. The molecule has 0 spiro atoms. The molecule has 1 unspecified atom stereocenters. The van der Waals surface area contributed by atoms with Gasteiger partial charge in [-0.25, -0.2) is 0 Å². The van der Waals surface area contributed by atoms with Crippen LogP contribution in [0.5, 0.6) is 0 Å². The van der Waals surface area contributed by atoms with Crippen molar-refractivity contribution in [1.82, 2.24) is 5.32 Å². The Morgan fingerprint density at radius 3 is 2.32 bits per heavy atom. The summed E-state index contributed by atoms with van der Waals surface area (Å²) in [4.78, 5) is 0. The van der Waals surface area contributed by atoms with Gasteiger partial charge < -0.3 is 5.32 Å². The first-order chi connectivity index (χ1) is 9.01. The van der Waals surface area contributed by atoms with Crippen molar-refractivity contribution in [2.75, 3.05) is 7.05 Å². The molecule has 0 aromatic heterocycles. The summed E-state index contributed by atoms with van der Waals surface area (Å²) in [5.41, 5.74) is 6.54. The van der Waals surface area contributed by atoms with E-state index in [2.05, 4.69) is 78.4 Å². The minimum absolute atomic E-state index is 0.232. The lowest BCUT2D eigenvalue weighted by Gasteiger charge is -2.21. The van der Waals surface area contributed by atoms with E-state index in [9.17, 15) is 0 Å². The summed E-state index contributed by atoms with van der Waals surface area (Å²) in [7, 11) is 2.02. The van der Waals surface area contributed by atoms with Gasteiger partial charge in [-0.2, -0.15) is 0 Å². The van der Waals surface area contributed by atoms with Crippen LogP contribution in [0.15, 0.2) is 40.9 Å². The van der Waals surface area contributed by atoms with Gasteiger partial charge in [-0.3, -0.25) is 0 Å². The SMILES string of the molecule is CNC(c1cc(C)cc(Br)c1)c1cc(C)ccc1C. The third-order valence-corrected chi connectivity index (χ3v) is 3.89. The van der Waals surface area contributed by atoms with Crippen LogP contribution in [-0.2, 0) is 0 Å². The Balaban J connectivity index is 2.52. The molecule has 2 aromatic carbocycles. The molecule has 1 nitrogen and oxygen atoms in total. The van der Waals surface area contributed by atoms with Crippen molar-refractivity contribution < 1.29 is 0 Å². The van der Waals surface area contributed by atoms with Crippen molar-refractivity contribution in [3.63, 3.8) is 0 Å². The molecule has 2 heteroatoms. The molecule has 0 fully saturated rings. The number of hydrogen-bond donors (Lipinski definition) is 1. The molecule has 0 aliphatic rings. The van der Waals surface area contributed by atoms with Crippen molar-refractivity contribution in [2.45, 2.75) is 26.8 Å². The van der Waals surface area contributed by atoms with E-state index in [4.69, 9.17) is 0 Å². The first-order valence-electron chi connectivity index (χ1n) is 6.53. The molecule has 0 saturated carbocycles. The first-order valence-corrected chi connectivity index (χ1v) is 7.32. The predicted octanol–water partition coefficient (Wildman–Crippen LogP) is 4.68. The maximum Gasteiger partial charge on any atom is 0.0577 e. The van der Waals surface area contributed by atoms with Crippen LogP contribution in [0, 0.1) is 20.8 Å². The van der Waals surface area contributed by atoms with E-state index in [1.165, 1.54) is 27.8 Å². The fourth-order valence-corrected chi connectivity index (χ4v) is 3.13. The van der Waals surface area contributed by atoms with Crippen molar-refractivity contribution >= 4 is 15.9 Å². The second kappa shape index (κ2) is 5.89. The molecule has 2 aromatic rings. The van der Waals surface area contributed by atoms with Crippen molar-refractivity contribution in [2.24, 2.45) is 0 Å². The molecule has 0 amide bonds. The van der Waals surface area contributed by atoms with Gasteiger partial charge in [0, 0.05) is 4.47 Å². The molecule has 0 aliphatic carbocycles. The van der Waals surface area contributed by atoms with Crippen LogP contribution in [0.25, 0.3) is 0 Å². The van der Waals surface area contributed by atoms with Gasteiger partial charge in [0.15, 0.2) is 0 Å². The van der Waals surface area contributed by atoms with Gasteiger partial charge in [-0.15, -0.1) is 0 Å². The quantitative estimate of drug-likeness (QED) is 0.866. The van der Waals surface area contributed by atoms with Crippen LogP contribution in [0.2, 0.25) is 0 Å². The second-order valence-corrected chi connectivity index (χ2v) is 6.06. The van der Waals surface area contributed by atoms with E-state index < -0.39 is 0 Å². The van der Waals surface area contributed by atoms with Gasteiger partial charge in [0.05, 0.1) is 6.04 Å². The Morgan fingerprint density at radius 2 is 1.68 bits per heavy atom. The number of benzene rings is 2. The highest BCUT2D eigenvalue weighted by atomic mass is 79.9. The minimum Gasteiger partial charge on any atom is -0.309 e. The third-order valence-electron chi connectivity index (χ3n) is 3.43. The Kier molecular flexibility index (Phi) is 4.43. The van der Waals surface area contributed by atoms with E-state index >= 15 is 0 Å². The van der Waals surface area contributed by atoms with Gasteiger partial charge in [-0.1, -0.05) is 45.8 Å². The standard InChI is InChI=1S/C17H20BrN/c1-11-5-6-13(3)16(9-11)17(19-4)14-7-12(2)8-15(18)10-14/h5-10,17,19H,1-4H3. The maximum absolute atomic E-state index is 3.59. The topological polar surface area (TPSA) is 12.0 Å². The molecule has 19 heavy (non-hydrogen) atoms. The summed E-state index contributed by atoms with van der Waals surface area (Å²) < 4.78 is 1.13. The first kappa shape index (κ1) is 14.3. The van der Waals surface area contributed by atoms with Gasteiger partial charge in [0.25, 0.3) is 0 Å². The second-order valence-electron chi connectivity index (χ2n) is 5.14. The van der Waals surface area contributed by atoms with Gasteiger partial charge >= 0.3 is 0 Å². The zero-order valence-electron chi connectivity index (χ0n) is 11.9. The van der Waals surface area contributed by atoms with Crippen LogP contribution in [0.3, 0.4) is 0 Å². The molecule has 2 rings (SSSR count). The third kappa shape index (κ3) is 3.26. The summed E-state index contributed by atoms with van der Waals surface area (Å²) >= 11 is 3.59. The van der Waals surface area contributed by atoms with E-state index in [1.54, 1.807) is 0 Å². The molecule has 1 atom stereocenters.